The van der Waals surface area contributed by atoms with Gasteiger partial charge in [-0.25, -0.2) is 13.8 Å². The minimum atomic E-state index is -3.90. The molecule has 0 radical (unpaired) electrons. The van der Waals surface area contributed by atoms with Gasteiger partial charge in [-0.1, -0.05) is 17.7 Å². The molecule has 1 atom stereocenters. The largest absolute Gasteiger partial charge is 0.326 e. The van der Waals surface area contributed by atoms with E-state index < -0.39 is 22.0 Å². The number of fused-ring (bicyclic) bond motifs is 1. The molecule has 1 aromatic carbocycles. The molecule has 0 N–H and O–H groups in total. The fourth-order valence-corrected chi connectivity index (χ4v) is 4.74. The molecular weight excluding hydrogens is 398 g/mol. The van der Waals surface area contributed by atoms with Gasteiger partial charge in [-0.3, -0.25) is 8.61 Å². The Balaban J connectivity index is 1.73. The van der Waals surface area contributed by atoms with Crippen molar-refractivity contribution in [3.63, 3.8) is 0 Å². The van der Waals surface area contributed by atoms with Crippen LogP contribution in [0.15, 0.2) is 30.3 Å². The average molecular weight is 411 g/mol. The summed E-state index contributed by atoms with van der Waals surface area (Å²) in [6.07, 6.45) is -0.302. The first-order chi connectivity index (χ1) is 12.6. The van der Waals surface area contributed by atoms with Crippen molar-refractivity contribution in [3.8, 4) is 17.3 Å². The molecule has 6 nitrogen and oxygen atoms in total. The third kappa shape index (κ3) is 2.80. The van der Waals surface area contributed by atoms with Crippen molar-refractivity contribution in [3.05, 3.63) is 41.0 Å². The van der Waals surface area contributed by atoms with Gasteiger partial charge in [-0.05, 0) is 24.3 Å². The molecule has 140 valence electrons. The van der Waals surface area contributed by atoms with E-state index in [2.05, 4.69) is 4.98 Å². The van der Waals surface area contributed by atoms with E-state index >= 15 is 0 Å². The van der Waals surface area contributed by atoms with Gasteiger partial charge in [0.05, 0.1) is 22.6 Å². The van der Waals surface area contributed by atoms with Crippen molar-refractivity contribution < 1.29 is 17.2 Å². The summed E-state index contributed by atoms with van der Waals surface area (Å²) in [7, 11) is -2.53. The minimum absolute atomic E-state index is 0.0501. The molecule has 1 saturated carbocycles. The van der Waals surface area contributed by atoms with Crippen LogP contribution in [0.2, 0.25) is 5.15 Å². The molecule has 4 rings (SSSR count). The predicted molar refractivity (Wildman–Crippen MR) is 97.1 cm³/mol. The number of hydrogen-bond acceptors (Lipinski definition) is 4. The number of aromatic nitrogens is 1. The lowest BCUT2D eigenvalue weighted by atomic mass is 10.1. The first kappa shape index (κ1) is 17.9. The van der Waals surface area contributed by atoms with Crippen molar-refractivity contribution in [1.29, 1.82) is 5.26 Å². The van der Waals surface area contributed by atoms with E-state index in [-0.39, 0.29) is 23.7 Å². The van der Waals surface area contributed by atoms with E-state index in [1.807, 2.05) is 6.07 Å². The topological polar surface area (TPSA) is 77.3 Å². The zero-order valence-corrected chi connectivity index (χ0v) is 15.6. The molecule has 27 heavy (non-hydrogen) atoms. The van der Waals surface area contributed by atoms with Crippen LogP contribution in [0.4, 0.5) is 20.2 Å². The van der Waals surface area contributed by atoms with Crippen LogP contribution in [0.3, 0.4) is 0 Å². The monoisotopic (exact) mass is 410 g/mol. The lowest BCUT2D eigenvalue weighted by Gasteiger charge is -2.18. The zero-order valence-electron chi connectivity index (χ0n) is 14.0. The molecule has 1 aromatic heterocycles. The highest BCUT2D eigenvalue weighted by atomic mass is 35.5. The van der Waals surface area contributed by atoms with Crippen LogP contribution >= 0.6 is 11.6 Å². The molecule has 0 spiro atoms. The zero-order chi connectivity index (χ0) is 19.6. The van der Waals surface area contributed by atoms with E-state index in [1.165, 1.54) is 13.1 Å². The minimum Gasteiger partial charge on any atom is -0.254 e. The molecule has 0 amide bonds. The molecular formula is C17H13ClF2N4O2S. The number of pyridine rings is 1. The van der Waals surface area contributed by atoms with Crippen molar-refractivity contribution >= 4 is 33.2 Å². The number of alkyl halides is 2. The summed E-state index contributed by atoms with van der Waals surface area (Å²) in [4.78, 5) is 4.16. The molecule has 0 bridgehead atoms. The Labute approximate surface area is 159 Å². The highest BCUT2D eigenvalue weighted by Gasteiger charge is 2.59. The standard InChI is InChI=1S/C17H13ClF2N4O2S/c1-23-15-6-10(13-4-2-11(8-21)16(18)22-13)3-5-14(15)24(27(23,25)26)9-12-7-17(12,19)20/h2-6,12H,7,9H2,1H3. The Morgan fingerprint density at radius 3 is 2.63 bits per heavy atom. The van der Waals surface area contributed by atoms with E-state index in [0.717, 1.165) is 8.61 Å². The van der Waals surface area contributed by atoms with Crippen LogP contribution in [0.5, 0.6) is 0 Å². The van der Waals surface area contributed by atoms with E-state index in [4.69, 9.17) is 16.9 Å². The third-order valence-corrected chi connectivity index (χ3v) is 6.89. The number of rotatable bonds is 3. The first-order valence-corrected chi connectivity index (χ1v) is 9.78. The predicted octanol–water partition coefficient (Wildman–Crippen LogP) is 3.43. The summed E-state index contributed by atoms with van der Waals surface area (Å²) in [6, 6.07) is 9.89. The summed E-state index contributed by atoms with van der Waals surface area (Å²) in [5, 5.41) is 8.99. The maximum atomic E-state index is 13.3. The molecule has 2 aliphatic rings. The van der Waals surface area contributed by atoms with Crippen LogP contribution in [0.1, 0.15) is 12.0 Å². The van der Waals surface area contributed by atoms with Gasteiger partial charge in [-0.15, -0.1) is 0 Å². The van der Waals surface area contributed by atoms with Gasteiger partial charge >= 0.3 is 10.2 Å². The SMILES string of the molecule is CN1c2cc(-c3ccc(C#N)c(Cl)n3)ccc2N(CC2CC2(F)F)S1(=O)=O. The molecule has 1 aliphatic carbocycles. The van der Waals surface area contributed by atoms with E-state index in [0.29, 0.717) is 22.6 Å². The normalized spacial score (nSPS) is 21.7. The van der Waals surface area contributed by atoms with Crippen molar-refractivity contribution in [1.82, 2.24) is 4.98 Å². The fourth-order valence-electron chi connectivity index (χ4n) is 3.08. The number of anilines is 2. The van der Waals surface area contributed by atoms with Crippen molar-refractivity contribution in [2.45, 2.75) is 12.3 Å². The van der Waals surface area contributed by atoms with Crippen molar-refractivity contribution in [2.24, 2.45) is 5.92 Å². The van der Waals surface area contributed by atoms with Crippen LogP contribution in [-0.2, 0) is 10.2 Å². The second-order valence-electron chi connectivity index (χ2n) is 6.52. The van der Waals surface area contributed by atoms with Crippen molar-refractivity contribution in [2.75, 3.05) is 22.2 Å². The number of hydrogen-bond donors (Lipinski definition) is 0. The van der Waals surface area contributed by atoms with Gasteiger partial charge in [0.15, 0.2) is 0 Å². The molecule has 1 aliphatic heterocycles. The number of benzene rings is 1. The second kappa shape index (κ2) is 5.78. The molecule has 1 fully saturated rings. The lowest BCUT2D eigenvalue weighted by molar-refractivity contribution is 0.101. The highest BCUT2D eigenvalue weighted by molar-refractivity contribution is 7.94. The van der Waals surface area contributed by atoms with Gasteiger partial charge < -0.3 is 0 Å². The van der Waals surface area contributed by atoms with Gasteiger partial charge in [0.1, 0.15) is 11.2 Å². The summed E-state index contributed by atoms with van der Waals surface area (Å²) in [5.41, 5.74) is 2.03. The third-order valence-electron chi connectivity index (χ3n) is 4.81. The first-order valence-electron chi connectivity index (χ1n) is 8.00. The molecule has 2 heterocycles. The molecule has 1 unspecified atom stereocenters. The van der Waals surface area contributed by atoms with Crippen LogP contribution in [-0.4, -0.2) is 32.9 Å². The van der Waals surface area contributed by atoms with Gasteiger partial charge in [0.25, 0.3) is 5.92 Å². The summed E-state index contributed by atoms with van der Waals surface area (Å²) in [6.45, 7) is -0.257. The lowest BCUT2D eigenvalue weighted by Crippen LogP contribution is -2.37. The fraction of sp³-hybridized carbons (Fsp3) is 0.294. The van der Waals surface area contributed by atoms with Gasteiger partial charge in [-0.2, -0.15) is 13.7 Å². The molecule has 10 heteroatoms. The van der Waals surface area contributed by atoms with Gasteiger partial charge in [0.2, 0.25) is 0 Å². The summed E-state index contributed by atoms with van der Waals surface area (Å²) >= 11 is 5.97. The van der Waals surface area contributed by atoms with E-state index in [9.17, 15) is 17.2 Å². The van der Waals surface area contributed by atoms with Crippen LogP contribution < -0.4 is 8.61 Å². The number of nitrogens with zero attached hydrogens (tertiary/aromatic N) is 4. The highest BCUT2D eigenvalue weighted by Crippen LogP contribution is 2.51. The quantitative estimate of drug-likeness (QED) is 0.726. The Kier molecular flexibility index (Phi) is 3.84. The Bertz CT molecular complexity index is 1100. The summed E-state index contributed by atoms with van der Waals surface area (Å²) in [5.74, 6) is -3.77. The Morgan fingerprint density at radius 2 is 2.04 bits per heavy atom. The van der Waals surface area contributed by atoms with Gasteiger partial charge in [0, 0.05) is 31.5 Å². The Hall–Kier alpha value is -2.44. The Morgan fingerprint density at radius 1 is 1.33 bits per heavy atom. The smallest absolute Gasteiger partial charge is 0.254 e. The maximum absolute atomic E-state index is 13.3. The molecule has 2 aromatic rings. The second-order valence-corrected chi connectivity index (χ2v) is 8.76. The number of nitriles is 1. The maximum Gasteiger partial charge on any atom is 0.326 e. The average Bonchev–Trinajstić information content (AvgIpc) is 3.19. The van der Waals surface area contributed by atoms with Crippen LogP contribution in [0.25, 0.3) is 11.3 Å². The summed E-state index contributed by atoms with van der Waals surface area (Å²) < 4.78 is 53.9. The molecule has 0 saturated heterocycles. The van der Waals surface area contributed by atoms with E-state index in [1.54, 1.807) is 24.3 Å². The van der Waals surface area contributed by atoms with Crippen LogP contribution in [0, 0.1) is 17.2 Å². The number of halogens is 3.